The van der Waals surface area contributed by atoms with Gasteiger partial charge in [-0.15, -0.1) is 0 Å². The molecule has 110 valence electrons. The van der Waals surface area contributed by atoms with Gasteiger partial charge in [0.2, 0.25) is 0 Å². The molecule has 0 radical (unpaired) electrons. The molecule has 0 spiro atoms. The van der Waals surface area contributed by atoms with E-state index in [0.717, 1.165) is 16.0 Å². The van der Waals surface area contributed by atoms with Crippen LogP contribution in [0.4, 0.5) is 4.39 Å². The van der Waals surface area contributed by atoms with Crippen LogP contribution < -0.4 is 0 Å². The second kappa shape index (κ2) is 7.24. The summed E-state index contributed by atoms with van der Waals surface area (Å²) >= 11 is 1.47. The smallest absolute Gasteiger partial charge is 0.320 e. The van der Waals surface area contributed by atoms with Gasteiger partial charge in [-0.3, -0.25) is 4.79 Å². The molecule has 21 heavy (non-hydrogen) atoms. The van der Waals surface area contributed by atoms with Crippen molar-refractivity contribution in [3.05, 3.63) is 54.3 Å². The number of ether oxygens (including phenoxy) is 1. The molecule has 3 nitrogen and oxygen atoms in total. The van der Waals surface area contributed by atoms with E-state index in [4.69, 9.17) is 0 Å². The van der Waals surface area contributed by atoms with Crippen LogP contribution >= 0.6 is 11.9 Å². The number of hydrogen-bond acceptors (Lipinski definition) is 4. The molecular formula is C16H16FNO2S. The van der Waals surface area contributed by atoms with Gasteiger partial charge in [0.25, 0.3) is 0 Å². The first kappa shape index (κ1) is 15.5. The number of carbonyl (C=O) groups excluding carboxylic acids is 1. The Hall–Kier alpha value is -1.85. The summed E-state index contributed by atoms with van der Waals surface area (Å²) in [5.41, 5.74) is 1.99. The minimum atomic E-state index is -0.270. The summed E-state index contributed by atoms with van der Waals surface area (Å²) in [5, 5.41) is 0. The number of rotatable bonds is 5. The lowest BCUT2D eigenvalue weighted by atomic mass is 10.1. The fourth-order valence-corrected chi connectivity index (χ4v) is 2.60. The lowest BCUT2D eigenvalue weighted by Gasteiger charge is -2.14. The molecule has 0 aliphatic heterocycles. The van der Waals surface area contributed by atoms with E-state index in [0.29, 0.717) is 0 Å². The zero-order valence-corrected chi connectivity index (χ0v) is 12.7. The van der Waals surface area contributed by atoms with Crippen LogP contribution in [-0.4, -0.2) is 31.0 Å². The molecule has 0 atom stereocenters. The number of halogens is 1. The summed E-state index contributed by atoms with van der Waals surface area (Å²) in [5.74, 6) is -0.511. The van der Waals surface area contributed by atoms with Gasteiger partial charge >= 0.3 is 5.97 Å². The van der Waals surface area contributed by atoms with Crippen molar-refractivity contribution in [1.29, 1.82) is 0 Å². The number of esters is 1. The van der Waals surface area contributed by atoms with E-state index < -0.39 is 0 Å². The van der Waals surface area contributed by atoms with Crippen molar-refractivity contribution in [3.8, 4) is 11.1 Å². The minimum Gasteiger partial charge on any atom is -0.468 e. The monoisotopic (exact) mass is 305 g/mol. The van der Waals surface area contributed by atoms with Crippen molar-refractivity contribution in [2.75, 3.05) is 20.7 Å². The van der Waals surface area contributed by atoms with Gasteiger partial charge in [0.1, 0.15) is 12.4 Å². The normalized spacial score (nSPS) is 10.7. The van der Waals surface area contributed by atoms with Crippen molar-refractivity contribution in [1.82, 2.24) is 4.31 Å². The lowest BCUT2D eigenvalue weighted by molar-refractivity contribution is -0.140. The average Bonchev–Trinajstić information content (AvgIpc) is 2.48. The first-order valence-electron chi connectivity index (χ1n) is 6.40. The molecule has 0 saturated carbocycles. The highest BCUT2D eigenvalue weighted by Gasteiger charge is 2.08. The maximum absolute atomic E-state index is 12.9. The van der Waals surface area contributed by atoms with E-state index in [1.54, 1.807) is 16.4 Å². The van der Waals surface area contributed by atoms with Crippen molar-refractivity contribution < 1.29 is 13.9 Å². The Bertz CT molecular complexity index is 599. The van der Waals surface area contributed by atoms with Crippen molar-refractivity contribution in [3.63, 3.8) is 0 Å². The van der Waals surface area contributed by atoms with E-state index >= 15 is 0 Å². The number of methoxy groups -OCH3 is 1. The third kappa shape index (κ3) is 4.58. The Morgan fingerprint density at radius 2 is 1.62 bits per heavy atom. The Morgan fingerprint density at radius 1 is 1.10 bits per heavy atom. The molecule has 0 aliphatic carbocycles. The number of hydrogen-bond donors (Lipinski definition) is 0. The average molecular weight is 305 g/mol. The largest absolute Gasteiger partial charge is 0.468 e. The zero-order chi connectivity index (χ0) is 15.2. The zero-order valence-electron chi connectivity index (χ0n) is 11.9. The molecule has 0 bridgehead atoms. The van der Waals surface area contributed by atoms with Crippen LogP contribution in [0.2, 0.25) is 0 Å². The van der Waals surface area contributed by atoms with Crippen LogP contribution in [0.25, 0.3) is 11.1 Å². The molecule has 2 rings (SSSR count). The number of carbonyl (C=O) groups is 1. The van der Waals surface area contributed by atoms with Crippen LogP contribution in [0.1, 0.15) is 0 Å². The summed E-state index contributed by atoms with van der Waals surface area (Å²) in [6, 6.07) is 14.3. The second-order valence-electron chi connectivity index (χ2n) is 4.48. The molecule has 0 aromatic heterocycles. The number of benzene rings is 2. The minimum absolute atomic E-state index is 0.223. The van der Waals surface area contributed by atoms with Gasteiger partial charge in [-0.05, 0) is 54.4 Å². The summed E-state index contributed by atoms with van der Waals surface area (Å²) in [4.78, 5) is 12.2. The predicted molar refractivity (Wildman–Crippen MR) is 82.3 cm³/mol. The van der Waals surface area contributed by atoms with Crippen LogP contribution in [0.3, 0.4) is 0 Å². The van der Waals surface area contributed by atoms with Gasteiger partial charge in [0.05, 0.1) is 7.11 Å². The van der Waals surface area contributed by atoms with Crippen molar-refractivity contribution >= 4 is 17.9 Å². The van der Waals surface area contributed by atoms with Crippen molar-refractivity contribution in [2.24, 2.45) is 0 Å². The summed E-state index contributed by atoms with van der Waals surface area (Å²) in [6.07, 6.45) is 0. The van der Waals surface area contributed by atoms with Gasteiger partial charge < -0.3 is 4.74 Å². The fraction of sp³-hybridized carbons (Fsp3) is 0.188. The summed E-state index contributed by atoms with van der Waals surface area (Å²) < 4.78 is 19.3. The predicted octanol–water partition coefficient (Wildman–Crippen LogP) is 3.60. The Balaban J connectivity index is 2.02. The maximum atomic E-state index is 12.9. The first-order chi connectivity index (χ1) is 10.1. The molecule has 5 heteroatoms. The Kier molecular flexibility index (Phi) is 5.36. The van der Waals surface area contributed by atoms with E-state index in [-0.39, 0.29) is 18.3 Å². The molecule has 0 N–H and O–H groups in total. The van der Waals surface area contributed by atoms with Crippen LogP contribution in [0, 0.1) is 5.82 Å². The molecule has 0 aliphatic rings. The maximum Gasteiger partial charge on any atom is 0.320 e. The summed E-state index contributed by atoms with van der Waals surface area (Å²) in [7, 11) is 3.20. The highest BCUT2D eigenvalue weighted by molar-refractivity contribution is 7.97. The topological polar surface area (TPSA) is 29.5 Å². The second-order valence-corrected chi connectivity index (χ2v) is 5.76. The molecule has 2 aromatic carbocycles. The molecule has 0 amide bonds. The Labute approximate surface area is 127 Å². The van der Waals surface area contributed by atoms with Gasteiger partial charge in [-0.1, -0.05) is 24.3 Å². The van der Waals surface area contributed by atoms with E-state index in [9.17, 15) is 9.18 Å². The Morgan fingerprint density at radius 3 is 2.14 bits per heavy atom. The fourth-order valence-electron chi connectivity index (χ4n) is 1.81. The van der Waals surface area contributed by atoms with Gasteiger partial charge in [-0.25, -0.2) is 8.70 Å². The highest BCUT2D eigenvalue weighted by atomic mass is 32.2. The SMILES string of the molecule is COC(=O)CN(C)Sc1ccc(-c2ccc(F)cc2)cc1. The molecular weight excluding hydrogens is 289 g/mol. The van der Waals surface area contributed by atoms with Gasteiger partial charge in [0.15, 0.2) is 0 Å². The molecule has 0 fully saturated rings. The van der Waals surface area contributed by atoms with Crippen LogP contribution in [-0.2, 0) is 9.53 Å². The van der Waals surface area contributed by atoms with E-state index in [1.807, 2.05) is 31.3 Å². The summed E-state index contributed by atoms with van der Waals surface area (Å²) in [6.45, 7) is 0.223. The van der Waals surface area contributed by atoms with Crippen LogP contribution in [0.15, 0.2) is 53.4 Å². The van der Waals surface area contributed by atoms with Gasteiger partial charge in [0, 0.05) is 4.90 Å². The standard InChI is InChI=1S/C16H16FNO2S/c1-18(11-16(19)20-2)21-15-9-5-13(6-10-15)12-3-7-14(17)8-4-12/h3-10H,11H2,1-2H3. The molecule has 0 heterocycles. The van der Waals surface area contributed by atoms with E-state index in [2.05, 4.69) is 4.74 Å². The lowest BCUT2D eigenvalue weighted by Crippen LogP contribution is -2.20. The van der Waals surface area contributed by atoms with E-state index in [1.165, 1.54) is 31.2 Å². The third-order valence-electron chi connectivity index (χ3n) is 2.87. The highest BCUT2D eigenvalue weighted by Crippen LogP contribution is 2.25. The van der Waals surface area contributed by atoms with Crippen LogP contribution in [0.5, 0.6) is 0 Å². The molecule has 0 unspecified atom stereocenters. The quantitative estimate of drug-likeness (QED) is 0.623. The number of likely N-dealkylation sites (N-methyl/N-ethyl adjacent to an activating group) is 1. The van der Waals surface area contributed by atoms with Gasteiger partial charge in [-0.2, -0.15) is 0 Å². The molecule has 0 saturated heterocycles. The number of nitrogens with zero attached hydrogens (tertiary/aromatic N) is 1. The molecule has 2 aromatic rings. The first-order valence-corrected chi connectivity index (χ1v) is 7.18. The van der Waals surface area contributed by atoms with Crippen molar-refractivity contribution in [2.45, 2.75) is 4.90 Å². The third-order valence-corrected chi connectivity index (χ3v) is 3.80.